The molecular formula is C30H37N3O2. The molecule has 35 heavy (non-hydrogen) atoms. The summed E-state index contributed by atoms with van der Waals surface area (Å²) in [5.41, 5.74) is 10.2. The molecule has 2 bridgehead atoms. The fraction of sp³-hybridized carbons (Fsp3) is 0.567. The second kappa shape index (κ2) is 7.33. The number of phenols is 1. The van der Waals surface area contributed by atoms with Crippen molar-refractivity contribution in [2.75, 3.05) is 19.6 Å². The molecule has 5 nitrogen and oxygen atoms in total. The number of amides is 1. The zero-order valence-corrected chi connectivity index (χ0v) is 20.9. The largest absolute Gasteiger partial charge is 0.508 e. The fourth-order valence-electron chi connectivity index (χ4n) is 10.0. The number of nitrogens with zero attached hydrogens (tertiary/aromatic N) is 2. The van der Waals surface area contributed by atoms with Gasteiger partial charge in [0.2, 0.25) is 0 Å². The van der Waals surface area contributed by atoms with Crippen molar-refractivity contribution < 1.29 is 9.90 Å². The van der Waals surface area contributed by atoms with Gasteiger partial charge in [-0.25, -0.2) is 0 Å². The standard InChI is InChI=1S/C30H37N3O2/c1-3-24-27-26-21(17-33(24)28(35)19-7-5-4-6-8-19)15-30(26)25-13-20-9-10-22(34)14-23(20)29(27,30)11-12-32(25)16-18(2)31/h4-10,14,18,21,24-27,34H,3,11-13,15-17,31H2,1-2H3/t18-,21-,24?,25?,26?,27?,29?,30?/m1/s1. The Morgan fingerprint density at radius 2 is 2.00 bits per heavy atom. The number of carbonyl (C=O) groups is 1. The molecule has 8 atom stereocenters. The third kappa shape index (κ3) is 2.54. The van der Waals surface area contributed by atoms with E-state index in [2.05, 4.69) is 35.8 Å². The van der Waals surface area contributed by atoms with Gasteiger partial charge in [-0.3, -0.25) is 9.69 Å². The van der Waals surface area contributed by atoms with Crippen LogP contribution in [0.3, 0.4) is 0 Å². The smallest absolute Gasteiger partial charge is 0.254 e. The number of carbonyl (C=O) groups excluding carboxylic acids is 1. The lowest BCUT2D eigenvalue weighted by Crippen LogP contribution is -2.90. The number of phenolic OH excluding ortho intramolecular Hbond substituents is 1. The number of nitrogens with two attached hydrogens (primary N) is 1. The third-order valence-corrected chi connectivity index (χ3v) is 10.8. The van der Waals surface area contributed by atoms with E-state index in [-0.39, 0.29) is 28.8 Å². The first-order valence-corrected chi connectivity index (χ1v) is 13.6. The number of rotatable bonds is 4. The van der Waals surface area contributed by atoms with E-state index in [0.29, 0.717) is 29.5 Å². The molecule has 0 aromatic heterocycles. The SMILES string of the molecule is CCC1C2C3[C@@H](CN1C(=O)c1ccccc1)CC31C3Cc4ccc(O)cc4C21CCN3C[C@@H](C)N. The number of fused-ring (bicyclic) bond motifs is 1. The quantitative estimate of drug-likeness (QED) is 0.712. The Hall–Kier alpha value is -2.37. The van der Waals surface area contributed by atoms with Crippen molar-refractivity contribution in [3.8, 4) is 5.75 Å². The number of hydrogen-bond acceptors (Lipinski definition) is 4. The van der Waals surface area contributed by atoms with Gasteiger partial charge in [-0.2, -0.15) is 0 Å². The normalized spacial score (nSPS) is 39.4. The van der Waals surface area contributed by atoms with Crippen molar-refractivity contribution in [3.05, 3.63) is 65.2 Å². The van der Waals surface area contributed by atoms with Gasteiger partial charge in [-0.1, -0.05) is 31.2 Å². The van der Waals surface area contributed by atoms with Crippen LogP contribution < -0.4 is 5.73 Å². The van der Waals surface area contributed by atoms with Crippen LogP contribution in [0.5, 0.6) is 5.75 Å². The summed E-state index contributed by atoms with van der Waals surface area (Å²) in [7, 11) is 0. The Labute approximate surface area is 208 Å². The Morgan fingerprint density at radius 3 is 2.74 bits per heavy atom. The van der Waals surface area contributed by atoms with Gasteiger partial charge < -0.3 is 15.7 Å². The second-order valence-corrected chi connectivity index (χ2v) is 12.1. The van der Waals surface area contributed by atoms with E-state index in [9.17, 15) is 9.90 Å². The van der Waals surface area contributed by atoms with Gasteiger partial charge in [0.15, 0.2) is 0 Å². The van der Waals surface area contributed by atoms with Gasteiger partial charge in [-0.05, 0) is 92.3 Å². The first-order valence-electron chi connectivity index (χ1n) is 13.6. The summed E-state index contributed by atoms with van der Waals surface area (Å²) in [6.45, 7) is 7.29. The van der Waals surface area contributed by atoms with Crippen LogP contribution in [0.2, 0.25) is 0 Å². The predicted octanol–water partition coefficient (Wildman–Crippen LogP) is 3.79. The average molecular weight is 472 g/mol. The molecule has 3 N–H and O–H groups in total. The van der Waals surface area contributed by atoms with Crippen LogP contribution in [-0.4, -0.2) is 58.6 Å². The summed E-state index contributed by atoms with van der Waals surface area (Å²) in [6, 6.07) is 16.9. The van der Waals surface area contributed by atoms with Crippen LogP contribution in [0.4, 0.5) is 0 Å². The highest BCUT2D eigenvalue weighted by molar-refractivity contribution is 5.94. The van der Waals surface area contributed by atoms with E-state index in [0.717, 1.165) is 44.5 Å². The minimum Gasteiger partial charge on any atom is -0.508 e. The maximum Gasteiger partial charge on any atom is 0.254 e. The molecule has 5 aliphatic rings. The van der Waals surface area contributed by atoms with Crippen molar-refractivity contribution in [3.63, 3.8) is 0 Å². The van der Waals surface area contributed by atoms with E-state index in [1.807, 2.05) is 36.4 Å². The van der Waals surface area contributed by atoms with Crippen LogP contribution in [-0.2, 0) is 11.8 Å². The Bertz CT molecular complexity index is 1180. The molecule has 0 radical (unpaired) electrons. The van der Waals surface area contributed by atoms with Crippen molar-refractivity contribution in [1.82, 2.24) is 9.80 Å². The first kappa shape index (κ1) is 21.9. The Balaban J connectivity index is 1.35. The summed E-state index contributed by atoms with van der Waals surface area (Å²) < 4.78 is 0. The van der Waals surface area contributed by atoms with Crippen LogP contribution in [0.25, 0.3) is 0 Å². The summed E-state index contributed by atoms with van der Waals surface area (Å²) in [5, 5.41) is 10.6. The van der Waals surface area contributed by atoms with E-state index in [1.165, 1.54) is 17.5 Å². The maximum absolute atomic E-state index is 13.8. The number of likely N-dealkylation sites (tertiary alicyclic amines) is 2. The lowest BCUT2D eigenvalue weighted by molar-refractivity contribution is -0.349. The molecular weight excluding hydrogens is 434 g/mol. The molecule has 2 heterocycles. The predicted molar refractivity (Wildman–Crippen MR) is 136 cm³/mol. The summed E-state index contributed by atoms with van der Waals surface area (Å²) in [6.07, 6.45) is 4.33. The molecule has 1 amide bonds. The van der Waals surface area contributed by atoms with Gasteiger partial charge in [0.1, 0.15) is 5.75 Å². The lowest BCUT2D eigenvalue weighted by atomic mass is 9.20. The highest BCUT2D eigenvalue weighted by atomic mass is 16.3. The molecule has 3 aliphatic carbocycles. The van der Waals surface area contributed by atoms with Gasteiger partial charge in [0.05, 0.1) is 0 Å². The number of benzene rings is 2. The minimum absolute atomic E-state index is 0.0514. The molecule has 2 aromatic rings. The maximum atomic E-state index is 13.8. The van der Waals surface area contributed by atoms with Gasteiger partial charge in [0.25, 0.3) is 5.91 Å². The van der Waals surface area contributed by atoms with E-state index in [4.69, 9.17) is 5.73 Å². The van der Waals surface area contributed by atoms with Crippen LogP contribution >= 0.6 is 0 Å². The Kier molecular flexibility index (Phi) is 4.58. The second-order valence-electron chi connectivity index (χ2n) is 12.1. The molecule has 2 saturated carbocycles. The number of hydrogen-bond donors (Lipinski definition) is 2. The molecule has 7 rings (SSSR count). The monoisotopic (exact) mass is 471 g/mol. The number of piperidine rings is 2. The van der Waals surface area contributed by atoms with Crippen molar-refractivity contribution >= 4 is 5.91 Å². The third-order valence-electron chi connectivity index (χ3n) is 10.8. The number of aromatic hydroxyl groups is 1. The lowest BCUT2D eigenvalue weighted by Gasteiger charge is -2.88. The van der Waals surface area contributed by atoms with E-state index in [1.54, 1.807) is 0 Å². The Morgan fingerprint density at radius 1 is 1.20 bits per heavy atom. The minimum atomic E-state index is 0.0514. The zero-order valence-electron chi connectivity index (χ0n) is 20.9. The van der Waals surface area contributed by atoms with Crippen LogP contribution in [0, 0.1) is 23.2 Å². The fourth-order valence-corrected chi connectivity index (χ4v) is 10.0. The van der Waals surface area contributed by atoms with E-state index < -0.39 is 0 Å². The first-order chi connectivity index (χ1) is 16.9. The van der Waals surface area contributed by atoms with Gasteiger partial charge in [0, 0.05) is 47.6 Å². The summed E-state index contributed by atoms with van der Waals surface area (Å²) in [5.74, 6) is 2.29. The highest BCUT2D eigenvalue weighted by Crippen LogP contribution is 2.84. The molecule has 5 heteroatoms. The molecule has 2 aromatic carbocycles. The highest BCUT2D eigenvalue weighted by Gasteiger charge is 2.85. The summed E-state index contributed by atoms with van der Waals surface area (Å²) >= 11 is 0. The van der Waals surface area contributed by atoms with Crippen molar-refractivity contribution in [2.45, 2.75) is 63.1 Å². The molecule has 2 saturated heterocycles. The molecule has 184 valence electrons. The van der Waals surface area contributed by atoms with Crippen LogP contribution in [0.15, 0.2) is 48.5 Å². The zero-order chi connectivity index (χ0) is 24.1. The van der Waals surface area contributed by atoms with Crippen molar-refractivity contribution in [2.24, 2.45) is 28.9 Å². The topological polar surface area (TPSA) is 69.8 Å². The van der Waals surface area contributed by atoms with Gasteiger partial charge in [-0.15, -0.1) is 0 Å². The van der Waals surface area contributed by atoms with Crippen molar-refractivity contribution in [1.29, 1.82) is 0 Å². The van der Waals surface area contributed by atoms with E-state index >= 15 is 0 Å². The molecule has 4 fully saturated rings. The molecule has 6 unspecified atom stereocenters. The van der Waals surface area contributed by atoms with Crippen LogP contribution in [0.1, 0.15) is 54.6 Å². The van der Waals surface area contributed by atoms with Gasteiger partial charge >= 0.3 is 0 Å². The summed E-state index contributed by atoms with van der Waals surface area (Å²) in [4.78, 5) is 18.7. The average Bonchev–Trinajstić information content (AvgIpc) is 2.83. The molecule has 2 aliphatic heterocycles. The molecule has 1 spiro atoms.